The third kappa shape index (κ3) is 10.9. The van der Waals surface area contributed by atoms with Gasteiger partial charge >= 0.3 is 103 Å². The molecule has 0 unspecified atom stereocenters. The van der Waals surface area contributed by atoms with E-state index in [0.29, 0.717) is 0 Å². The predicted octanol–water partition coefficient (Wildman–Crippen LogP) is 4.29. The molecule has 0 aliphatic rings. The van der Waals surface area contributed by atoms with E-state index in [9.17, 15) is 0 Å². The molecule has 0 aliphatic carbocycles. The van der Waals surface area contributed by atoms with Gasteiger partial charge in [0.2, 0.25) is 0 Å². The monoisotopic (exact) mass is 251 g/mol. The average Bonchev–Trinajstić information content (AvgIpc) is 2.27. The predicted molar refractivity (Wildman–Crippen MR) is 61.4 cm³/mol. The molecule has 0 saturated carbocycles. The molecule has 0 aromatic heterocycles. The zero-order chi connectivity index (χ0) is 11.4. The maximum absolute atomic E-state index is 5.30. The summed E-state index contributed by atoms with van der Waals surface area (Å²) in [7, 11) is 3.56. The first-order chi connectivity index (χ1) is 7.35. The van der Waals surface area contributed by atoms with E-state index in [4.69, 9.17) is 6.64 Å². The van der Waals surface area contributed by atoms with Gasteiger partial charge in [-0.15, -0.1) is 0 Å². The van der Waals surface area contributed by atoms with Gasteiger partial charge in [0, 0.05) is 0 Å². The van der Waals surface area contributed by atoms with Crippen molar-refractivity contribution in [2.45, 2.75) is 63.0 Å². The van der Waals surface area contributed by atoms with E-state index >= 15 is 0 Å². The van der Waals surface area contributed by atoms with Gasteiger partial charge in [0.25, 0.3) is 0 Å². The molecule has 91 valence electrons. The number of hydrogen-bond acceptors (Lipinski definition) is 2. The first-order valence-electron chi connectivity index (χ1n) is 6.29. The van der Waals surface area contributed by atoms with Gasteiger partial charge in [-0.2, -0.15) is 0 Å². The Hall–Kier alpha value is 0.634. The molecule has 0 spiro atoms. The van der Waals surface area contributed by atoms with Crippen molar-refractivity contribution in [2.75, 3.05) is 14.2 Å². The molecule has 0 fully saturated rings. The van der Waals surface area contributed by atoms with Crippen LogP contribution in [0, 0.1) is 0 Å². The van der Waals surface area contributed by atoms with Gasteiger partial charge in [-0.1, -0.05) is 0 Å². The van der Waals surface area contributed by atoms with E-state index in [1.165, 1.54) is 56.1 Å². The summed E-state index contributed by atoms with van der Waals surface area (Å²) in [6, 6.07) is 0. The summed E-state index contributed by atoms with van der Waals surface area (Å²) in [5, 5.41) is 0. The van der Waals surface area contributed by atoms with Gasteiger partial charge in [0.15, 0.2) is 0 Å². The molecule has 0 aromatic carbocycles. The Balaban J connectivity index is 3.04. The fourth-order valence-electron chi connectivity index (χ4n) is 1.69. The Morgan fingerprint density at radius 3 is 1.67 bits per heavy atom. The molecule has 0 atom stereocenters. The fourth-order valence-corrected chi connectivity index (χ4v) is 3.43. The Morgan fingerprint density at radius 2 is 1.20 bits per heavy atom. The van der Waals surface area contributed by atoms with Crippen LogP contribution in [0.4, 0.5) is 0 Å². The minimum atomic E-state index is -1.52. The fraction of sp³-hybridized carbons (Fsp3) is 1.00. The Bertz CT molecular complexity index is 116. The molecule has 3 heteroatoms. The summed E-state index contributed by atoms with van der Waals surface area (Å²) >= 11 is -1.52. The number of unbranched alkanes of at least 4 members (excludes halogenated alkanes) is 7. The Kier molecular flexibility index (Phi) is 13.2. The van der Waals surface area contributed by atoms with Crippen LogP contribution in [-0.2, 0) is 25.3 Å². The molecular formula is C12H27O2Ti. The molecule has 0 aromatic rings. The van der Waals surface area contributed by atoms with Crippen molar-refractivity contribution >= 4 is 0 Å². The van der Waals surface area contributed by atoms with Gasteiger partial charge in [-0.3, -0.25) is 0 Å². The molecule has 0 heterocycles. The summed E-state index contributed by atoms with van der Waals surface area (Å²) in [5.41, 5.74) is 0. The van der Waals surface area contributed by atoms with Crippen molar-refractivity contribution in [3.8, 4) is 0 Å². The Morgan fingerprint density at radius 1 is 0.733 bits per heavy atom. The Labute approximate surface area is 103 Å². The van der Waals surface area contributed by atoms with Crippen LogP contribution in [-0.4, -0.2) is 14.2 Å². The van der Waals surface area contributed by atoms with Crippen LogP contribution in [0.1, 0.15) is 58.3 Å². The summed E-state index contributed by atoms with van der Waals surface area (Å²) in [5.74, 6) is 0. The van der Waals surface area contributed by atoms with E-state index < -0.39 is 18.6 Å². The van der Waals surface area contributed by atoms with E-state index in [-0.39, 0.29) is 0 Å². The van der Waals surface area contributed by atoms with Gasteiger partial charge in [0.05, 0.1) is 0 Å². The van der Waals surface area contributed by atoms with Crippen molar-refractivity contribution in [2.24, 2.45) is 0 Å². The average molecular weight is 251 g/mol. The summed E-state index contributed by atoms with van der Waals surface area (Å²) < 4.78 is 11.8. The quantitative estimate of drug-likeness (QED) is 0.403. The van der Waals surface area contributed by atoms with E-state index in [2.05, 4.69) is 6.92 Å². The van der Waals surface area contributed by atoms with Crippen molar-refractivity contribution in [3.63, 3.8) is 0 Å². The SMILES string of the molecule is CCCCCCCCC[CH2][Ti]([O]C)[O]C. The molecule has 0 rings (SSSR count). The van der Waals surface area contributed by atoms with Crippen LogP contribution in [0.5, 0.6) is 0 Å². The summed E-state index contributed by atoms with van der Waals surface area (Å²) in [4.78, 5) is 0. The van der Waals surface area contributed by atoms with Crippen molar-refractivity contribution in [3.05, 3.63) is 0 Å². The molecule has 0 amide bonds. The second kappa shape index (κ2) is 12.7. The minimum absolute atomic E-state index is 1.20. The van der Waals surface area contributed by atoms with Crippen molar-refractivity contribution in [1.82, 2.24) is 0 Å². The van der Waals surface area contributed by atoms with E-state index in [1.807, 2.05) is 0 Å². The second-order valence-electron chi connectivity index (χ2n) is 4.01. The third-order valence-electron chi connectivity index (χ3n) is 2.69. The van der Waals surface area contributed by atoms with Crippen LogP contribution in [0.2, 0.25) is 4.73 Å². The second-order valence-corrected chi connectivity index (χ2v) is 7.22. The molecule has 2 nitrogen and oxygen atoms in total. The first-order valence-corrected chi connectivity index (χ1v) is 8.66. The van der Waals surface area contributed by atoms with Gasteiger partial charge < -0.3 is 0 Å². The standard InChI is InChI=1S/C10H21.2CH3O.Ti/c1-3-5-7-9-10-8-6-4-2;2*1-2;/h1,3-10H2,2H3;2*1H3;/q;2*-1;+2. The molecule has 0 radical (unpaired) electrons. The molecule has 0 aliphatic heterocycles. The normalized spacial score (nSPS) is 10.6. The topological polar surface area (TPSA) is 18.5 Å². The van der Waals surface area contributed by atoms with Crippen LogP contribution in [0.3, 0.4) is 0 Å². The maximum atomic E-state index is 5.30. The molecule has 0 saturated heterocycles. The van der Waals surface area contributed by atoms with Crippen molar-refractivity contribution in [1.29, 1.82) is 0 Å². The van der Waals surface area contributed by atoms with Crippen LogP contribution < -0.4 is 0 Å². The van der Waals surface area contributed by atoms with E-state index in [1.54, 1.807) is 14.2 Å². The number of rotatable bonds is 11. The van der Waals surface area contributed by atoms with Crippen molar-refractivity contribution < 1.29 is 25.3 Å². The number of hydrogen-bond donors (Lipinski definition) is 0. The van der Waals surface area contributed by atoms with Crippen LogP contribution >= 0.6 is 0 Å². The van der Waals surface area contributed by atoms with Crippen LogP contribution in [0.25, 0.3) is 0 Å². The van der Waals surface area contributed by atoms with E-state index in [0.717, 1.165) is 0 Å². The third-order valence-corrected chi connectivity index (χ3v) is 5.30. The molecular weight excluding hydrogens is 224 g/mol. The first kappa shape index (κ1) is 15.6. The zero-order valence-electron chi connectivity index (χ0n) is 10.7. The molecule has 0 N–H and O–H groups in total. The molecule has 15 heavy (non-hydrogen) atoms. The van der Waals surface area contributed by atoms with Gasteiger partial charge in [-0.25, -0.2) is 0 Å². The van der Waals surface area contributed by atoms with Crippen LogP contribution in [0.15, 0.2) is 0 Å². The van der Waals surface area contributed by atoms with Gasteiger partial charge in [0.1, 0.15) is 0 Å². The summed E-state index contributed by atoms with van der Waals surface area (Å²) in [6.07, 6.45) is 11.1. The van der Waals surface area contributed by atoms with Gasteiger partial charge in [-0.05, 0) is 0 Å². The summed E-state index contributed by atoms with van der Waals surface area (Å²) in [6.45, 7) is 2.27. The molecule has 0 bridgehead atoms. The zero-order valence-corrected chi connectivity index (χ0v) is 12.2.